The lowest BCUT2D eigenvalue weighted by atomic mass is 10.1. The average molecular weight is 284 g/mol. The van der Waals surface area contributed by atoms with Crippen LogP contribution in [-0.4, -0.2) is 6.54 Å². The van der Waals surface area contributed by atoms with Gasteiger partial charge in [0.15, 0.2) is 11.4 Å². The minimum Gasteiger partial charge on any atom is -0.456 e. The first-order valence-electron chi connectivity index (χ1n) is 6.78. The van der Waals surface area contributed by atoms with Gasteiger partial charge in [-0.05, 0) is 31.5 Å². The molecule has 0 unspecified atom stereocenters. The maximum Gasteiger partial charge on any atom is 0.184 e. The quantitative estimate of drug-likeness (QED) is 0.779. The van der Waals surface area contributed by atoms with Crippen molar-refractivity contribution < 1.29 is 8.81 Å². The molecule has 0 aliphatic rings. The number of fused-ring (bicyclic) bond motifs is 1. The highest BCUT2D eigenvalue weighted by molar-refractivity contribution is 6.31. The van der Waals surface area contributed by atoms with Crippen LogP contribution in [0.25, 0.3) is 11.0 Å². The van der Waals surface area contributed by atoms with Crippen LogP contribution in [0.4, 0.5) is 4.39 Å². The number of halogens is 2. The van der Waals surface area contributed by atoms with E-state index >= 15 is 0 Å². The molecule has 1 aromatic carbocycles. The van der Waals surface area contributed by atoms with Gasteiger partial charge in [-0.1, -0.05) is 31.9 Å². The monoisotopic (exact) mass is 283 g/mol. The van der Waals surface area contributed by atoms with Gasteiger partial charge < -0.3 is 9.73 Å². The lowest BCUT2D eigenvalue weighted by molar-refractivity contribution is 0.490. The predicted molar refractivity (Wildman–Crippen MR) is 77.2 cm³/mol. The molecule has 0 fully saturated rings. The molecule has 1 heterocycles. The molecule has 4 heteroatoms. The van der Waals surface area contributed by atoms with Crippen molar-refractivity contribution >= 4 is 22.6 Å². The van der Waals surface area contributed by atoms with E-state index in [1.807, 2.05) is 6.07 Å². The third-order valence-corrected chi connectivity index (χ3v) is 3.44. The maximum atomic E-state index is 14.0. The van der Waals surface area contributed by atoms with E-state index in [4.69, 9.17) is 16.0 Å². The summed E-state index contributed by atoms with van der Waals surface area (Å²) in [5.74, 6) is 0.365. The van der Waals surface area contributed by atoms with E-state index < -0.39 is 5.82 Å². The number of hydrogen-bond acceptors (Lipinski definition) is 2. The molecular formula is C15H19ClFNO. The molecule has 1 aromatic heterocycles. The molecule has 0 saturated heterocycles. The summed E-state index contributed by atoms with van der Waals surface area (Å²) in [5, 5.41) is 4.25. The Bertz CT molecular complexity index is 565. The van der Waals surface area contributed by atoms with Crippen LogP contribution in [0.3, 0.4) is 0 Å². The first-order valence-corrected chi connectivity index (χ1v) is 7.15. The van der Waals surface area contributed by atoms with Crippen molar-refractivity contribution in [3.05, 3.63) is 34.3 Å². The van der Waals surface area contributed by atoms with Crippen molar-refractivity contribution in [2.24, 2.45) is 0 Å². The van der Waals surface area contributed by atoms with Crippen LogP contribution in [0, 0.1) is 5.82 Å². The van der Waals surface area contributed by atoms with E-state index in [0.29, 0.717) is 6.54 Å². The zero-order valence-electron chi connectivity index (χ0n) is 11.4. The Hall–Kier alpha value is -1.06. The molecular weight excluding hydrogens is 265 g/mol. The fourth-order valence-electron chi connectivity index (χ4n) is 2.25. The number of rotatable bonds is 6. The van der Waals surface area contributed by atoms with Gasteiger partial charge in [-0.3, -0.25) is 0 Å². The molecule has 0 saturated carbocycles. The number of benzene rings is 1. The fourth-order valence-corrected chi connectivity index (χ4v) is 2.40. The van der Waals surface area contributed by atoms with Crippen LogP contribution in [0.15, 0.2) is 16.5 Å². The molecule has 0 aliphatic carbocycles. The Labute approximate surface area is 117 Å². The van der Waals surface area contributed by atoms with Crippen LogP contribution in [0.5, 0.6) is 0 Å². The SMILES string of the molecule is CCCNCc1oc2c(F)c(Cl)ccc2c1CCC. The Morgan fingerprint density at radius 1 is 1.26 bits per heavy atom. The summed E-state index contributed by atoms with van der Waals surface area (Å²) < 4.78 is 19.7. The van der Waals surface area contributed by atoms with Gasteiger partial charge in [0.25, 0.3) is 0 Å². The Kier molecular flexibility index (Phi) is 4.83. The number of aryl methyl sites for hydroxylation is 1. The number of hydrogen-bond donors (Lipinski definition) is 1. The Morgan fingerprint density at radius 2 is 2.05 bits per heavy atom. The molecule has 0 bridgehead atoms. The van der Waals surface area contributed by atoms with E-state index in [1.54, 1.807) is 6.07 Å². The first-order chi connectivity index (χ1) is 9.19. The van der Waals surface area contributed by atoms with E-state index in [1.165, 1.54) is 0 Å². The van der Waals surface area contributed by atoms with Crippen LogP contribution >= 0.6 is 11.6 Å². The summed E-state index contributed by atoms with van der Waals surface area (Å²) in [6.07, 6.45) is 2.94. The molecule has 104 valence electrons. The number of nitrogens with one attached hydrogen (secondary N) is 1. The van der Waals surface area contributed by atoms with Crippen molar-refractivity contribution in [2.45, 2.75) is 39.7 Å². The molecule has 0 spiro atoms. The maximum absolute atomic E-state index is 14.0. The van der Waals surface area contributed by atoms with Gasteiger partial charge in [0.2, 0.25) is 0 Å². The highest BCUT2D eigenvalue weighted by Gasteiger charge is 2.17. The summed E-state index contributed by atoms with van der Waals surface area (Å²) in [5.41, 5.74) is 1.38. The highest BCUT2D eigenvalue weighted by atomic mass is 35.5. The van der Waals surface area contributed by atoms with Gasteiger partial charge in [0.05, 0.1) is 11.6 Å². The third kappa shape index (κ3) is 2.93. The minimum absolute atomic E-state index is 0.109. The smallest absolute Gasteiger partial charge is 0.184 e. The first kappa shape index (κ1) is 14.4. The van der Waals surface area contributed by atoms with E-state index in [-0.39, 0.29) is 10.6 Å². The molecule has 2 nitrogen and oxygen atoms in total. The molecule has 0 amide bonds. The van der Waals surface area contributed by atoms with Gasteiger partial charge in [-0.15, -0.1) is 0 Å². The van der Waals surface area contributed by atoms with Crippen LogP contribution in [0.1, 0.15) is 38.0 Å². The van der Waals surface area contributed by atoms with Crippen molar-refractivity contribution in [1.82, 2.24) is 5.32 Å². The highest BCUT2D eigenvalue weighted by Crippen LogP contribution is 2.32. The fraction of sp³-hybridized carbons (Fsp3) is 0.467. The molecule has 2 aromatic rings. The van der Waals surface area contributed by atoms with E-state index in [2.05, 4.69) is 19.2 Å². The summed E-state index contributed by atoms with van der Waals surface area (Å²) in [6, 6.07) is 3.44. The van der Waals surface area contributed by atoms with Crippen molar-refractivity contribution in [3.63, 3.8) is 0 Å². The van der Waals surface area contributed by atoms with Crippen molar-refractivity contribution in [1.29, 1.82) is 0 Å². The van der Waals surface area contributed by atoms with E-state index in [9.17, 15) is 4.39 Å². The number of furan rings is 1. The molecule has 19 heavy (non-hydrogen) atoms. The summed E-state index contributed by atoms with van der Waals surface area (Å²) in [4.78, 5) is 0. The van der Waals surface area contributed by atoms with Crippen molar-refractivity contribution in [2.75, 3.05) is 6.54 Å². The zero-order valence-corrected chi connectivity index (χ0v) is 12.1. The molecule has 0 atom stereocenters. The summed E-state index contributed by atoms with van der Waals surface area (Å²) in [7, 11) is 0. The zero-order chi connectivity index (χ0) is 13.8. The van der Waals surface area contributed by atoms with Gasteiger partial charge in [-0.25, -0.2) is 4.39 Å². The summed E-state index contributed by atoms with van der Waals surface area (Å²) >= 11 is 5.80. The standard InChI is InChI=1S/C15H19ClFNO/c1-3-5-10-11-6-7-12(16)14(17)15(11)19-13(10)9-18-8-4-2/h6-7,18H,3-5,8-9H2,1-2H3. The second-order valence-corrected chi connectivity index (χ2v) is 5.08. The van der Waals surface area contributed by atoms with E-state index in [0.717, 1.165) is 42.5 Å². The molecule has 0 aliphatic heterocycles. The molecule has 0 radical (unpaired) electrons. The second kappa shape index (κ2) is 6.40. The lowest BCUT2D eigenvalue weighted by Gasteiger charge is -2.03. The molecule has 1 N–H and O–H groups in total. The summed E-state index contributed by atoms with van der Waals surface area (Å²) in [6.45, 7) is 5.77. The predicted octanol–water partition coefficient (Wildman–Crippen LogP) is 4.68. The van der Waals surface area contributed by atoms with Gasteiger partial charge >= 0.3 is 0 Å². The van der Waals surface area contributed by atoms with Crippen LogP contribution < -0.4 is 5.32 Å². The van der Waals surface area contributed by atoms with Gasteiger partial charge in [-0.2, -0.15) is 0 Å². The average Bonchev–Trinajstić information content (AvgIpc) is 2.74. The largest absolute Gasteiger partial charge is 0.456 e. The molecule has 2 rings (SSSR count). The van der Waals surface area contributed by atoms with Crippen LogP contribution in [-0.2, 0) is 13.0 Å². The van der Waals surface area contributed by atoms with Crippen LogP contribution in [0.2, 0.25) is 5.02 Å². The Morgan fingerprint density at radius 3 is 2.74 bits per heavy atom. The third-order valence-electron chi connectivity index (χ3n) is 3.15. The minimum atomic E-state index is -0.460. The van der Waals surface area contributed by atoms with Gasteiger partial charge in [0, 0.05) is 10.9 Å². The Balaban J connectivity index is 2.43. The van der Waals surface area contributed by atoms with Crippen molar-refractivity contribution in [3.8, 4) is 0 Å². The normalized spacial score (nSPS) is 11.4. The lowest BCUT2D eigenvalue weighted by Crippen LogP contribution is -2.14. The topological polar surface area (TPSA) is 25.2 Å². The van der Waals surface area contributed by atoms with Gasteiger partial charge in [0.1, 0.15) is 5.76 Å². The second-order valence-electron chi connectivity index (χ2n) is 4.67.